The van der Waals surface area contributed by atoms with E-state index in [1.54, 1.807) is 0 Å². The average Bonchev–Trinajstić information content (AvgIpc) is 2.04. The maximum absolute atomic E-state index is 10.2. The highest BCUT2D eigenvalue weighted by Crippen LogP contribution is 2.23. The third-order valence-electron chi connectivity index (χ3n) is 1.77. The van der Waals surface area contributed by atoms with E-state index in [0.717, 1.165) is 17.6 Å². The molecule has 0 saturated carbocycles. The zero-order valence-electron chi connectivity index (χ0n) is 6.42. The molecule has 0 aromatic carbocycles. The molecule has 0 aromatic rings. The lowest BCUT2D eigenvalue weighted by molar-refractivity contribution is 0.895. The van der Waals surface area contributed by atoms with Crippen molar-refractivity contribution in [1.82, 2.24) is 0 Å². The van der Waals surface area contributed by atoms with E-state index in [-0.39, 0.29) is 0 Å². The Morgan fingerprint density at radius 2 is 2.36 bits per heavy atom. The van der Waals surface area contributed by atoms with Gasteiger partial charge in [0.15, 0.2) is 0 Å². The topological polar surface area (TPSA) is 29.4 Å². The van der Waals surface area contributed by atoms with Crippen LogP contribution < -0.4 is 0 Å². The quantitative estimate of drug-likeness (QED) is 0.413. The SMILES string of the molecule is C#CC1=CC(C)=C(N=O)CC1. The second-order valence-corrected chi connectivity index (χ2v) is 2.53. The Bertz CT molecular complexity index is 278. The Hall–Kier alpha value is -1.36. The summed E-state index contributed by atoms with van der Waals surface area (Å²) in [6, 6.07) is 0. The minimum atomic E-state index is 0.629. The highest BCUT2D eigenvalue weighted by atomic mass is 16.3. The van der Waals surface area contributed by atoms with Gasteiger partial charge in [0, 0.05) is 5.57 Å². The summed E-state index contributed by atoms with van der Waals surface area (Å²) in [5, 5.41) is 2.91. The van der Waals surface area contributed by atoms with Gasteiger partial charge >= 0.3 is 0 Å². The number of terminal acetylenes is 1. The molecular formula is C9H9NO. The molecule has 0 bridgehead atoms. The predicted molar refractivity (Wildman–Crippen MR) is 44.6 cm³/mol. The van der Waals surface area contributed by atoms with Crippen molar-refractivity contribution in [2.75, 3.05) is 0 Å². The maximum Gasteiger partial charge on any atom is 0.0881 e. The molecular weight excluding hydrogens is 138 g/mol. The van der Waals surface area contributed by atoms with Crippen molar-refractivity contribution in [2.24, 2.45) is 5.18 Å². The Morgan fingerprint density at radius 3 is 2.82 bits per heavy atom. The average molecular weight is 147 g/mol. The molecule has 1 rings (SSSR count). The van der Waals surface area contributed by atoms with Crippen LogP contribution in [-0.2, 0) is 0 Å². The van der Waals surface area contributed by atoms with Crippen LogP contribution in [0.1, 0.15) is 19.8 Å². The molecule has 0 N–H and O–H groups in total. The van der Waals surface area contributed by atoms with E-state index in [4.69, 9.17) is 6.42 Å². The van der Waals surface area contributed by atoms with Crippen LogP contribution >= 0.6 is 0 Å². The zero-order chi connectivity index (χ0) is 8.27. The second-order valence-electron chi connectivity index (χ2n) is 2.53. The molecule has 0 spiro atoms. The molecule has 0 unspecified atom stereocenters. The van der Waals surface area contributed by atoms with Crippen molar-refractivity contribution in [2.45, 2.75) is 19.8 Å². The number of rotatable bonds is 1. The van der Waals surface area contributed by atoms with Crippen LogP contribution in [0.15, 0.2) is 28.1 Å². The van der Waals surface area contributed by atoms with Crippen molar-refractivity contribution in [3.63, 3.8) is 0 Å². The lowest BCUT2D eigenvalue weighted by Crippen LogP contribution is -1.93. The molecule has 2 nitrogen and oxygen atoms in total. The molecule has 0 amide bonds. The van der Waals surface area contributed by atoms with Gasteiger partial charge in [-0.15, -0.1) is 11.3 Å². The third-order valence-corrected chi connectivity index (χ3v) is 1.77. The number of nitrogens with zero attached hydrogens (tertiary/aromatic N) is 1. The molecule has 56 valence electrons. The molecule has 0 aromatic heterocycles. The number of hydrogen-bond acceptors (Lipinski definition) is 2. The van der Waals surface area contributed by atoms with Gasteiger partial charge in [0.1, 0.15) is 0 Å². The monoisotopic (exact) mass is 147 g/mol. The fraction of sp³-hybridized carbons (Fsp3) is 0.333. The van der Waals surface area contributed by atoms with E-state index in [2.05, 4.69) is 11.1 Å². The first kappa shape index (κ1) is 7.74. The largest absolute Gasteiger partial charge is 0.145 e. The van der Waals surface area contributed by atoms with Crippen LogP contribution in [0.4, 0.5) is 0 Å². The zero-order valence-corrected chi connectivity index (χ0v) is 6.42. The fourth-order valence-corrected chi connectivity index (χ4v) is 1.10. The summed E-state index contributed by atoms with van der Waals surface area (Å²) < 4.78 is 0. The van der Waals surface area contributed by atoms with Crippen LogP contribution in [0.2, 0.25) is 0 Å². The highest BCUT2D eigenvalue weighted by molar-refractivity contribution is 5.39. The number of hydrogen-bond donors (Lipinski definition) is 0. The standard InChI is InChI=1S/C9H9NO/c1-3-8-4-5-9(10-11)7(2)6-8/h1,6H,4-5H2,2H3. The Morgan fingerprint density at radius 1 is 1.64 bits per heavy atom. The molecule has 0 radical (unpaired) electrons. The highest BCUT2D eigenvalue weighted by Gasteiger charge is 2.08. The van der Waals surface area contributed by atoms with Crippen LogP contribution in [0.3, 0.4) is 0 Å². The van der Waals surface area contributed by atoms with E-state index >= 15 is 0 Å². The van der Waals surface area contributed by atoms with Crippen LogP contribution in [0.5, 0.6) is 0 Å². The summed E-state index contributed by atoms with van der Waals surface area (Å²) in [6.07, 6.45) is 8.51. The van der Waals surface area contributed by atoms with Gasteiger partial charge in [-0.2, -0.15) is 0 Å². The second kappa shape index (κ2) is 3.16. The minimum Gasteiger partial charge on any atom is -0.145 e. The Labute approximate surface area is 66.0 Å². The lowest BCUT2D eigenvalue weighted by atomic mass is 9.98. The van der Waals surface area contributed by atoms with E-state index < -0.39 is 0 Å². The minimum absolute atomic E-state index is 0.629. The first-order chi connectivity index (χ1) is 5.27. The first-order valence-corrected chi connectivity index (χ1v) is 3.48. The Kier molecular flexibility index (Phi) is 2.22. The van der Waals surface area contributed by atoms with Gasteiger partial charge in [0.25, 0.3) is 0 Å². The van der Waals surface area contributed by atoms with Gasteiger partial charge in [-0.1, -0.05) is 5.92 Å². The van der Waals surface area contributed by atoms with Crippen LogP contribution in [0.25, 0.3) is 0 Å². The molecule has 0 aliphatic heterocycles. The van der Waals surface area contributed by atoms with Crippen molar-refractivity contribution in [3.05, 3.63) is 27.8 Å². The normalized spacial score (nSPS) is 17.3. The van der Waals surface area contributed by atoms with E-state index in [0.29, 0.717) is 12.1 Å². The fourth-order valence-electron chi connectivity index (χ4n) is 1.10. The maximum atomic E-state index is 10.2. The van der Waals surface area contributed by atoms with Gasteiger partial charge in [0.05, 0.1) is 5.70 Å². The summed E-state index contributed by atoms with van der Waals surface area (Å²) in [7, 11) is 0. The Balaban J connectivity index is 2.95. The van der Waals surface area contributed by atoms with Crippen LogP contribution in [-0.4, -0.2) is 0 Å². The number of nitroso groups, excluding NO2 is 1. The molecule has 1 aliphatic rings. The summed E-state index contributed by atoms with van der Waals surface area (Å²) >= 11 is 0. The van der Waals surface area contributed by atoms with Gasteiger partial charge < -0.3 is 0 Å². The van der Waals surface area contributed by atoms with E-state index in [1.165, 1.54) is 0 Å². The van der Waals surface area contributed by atoms with Gasteiger partial charge in [-0.3, -0.25) is 0 Å². The molecule has 0 saturated heterocycles. The molecule has 2 heteroatoms. The molecule has 0 heterocycles. The number of allylic oxidation sites excluding steroid dienone is 4. The lowest BCUT2D eigenvalue weighted by Gasteiger charge is -2.08. The molecule has 11 heavy (non-hydrogen) atoms. The summed E-state index contributed by atoms with van der Waals surface area (Å²) in [5.74, 6) is 2.56. The van der Waals surface area contributed by atoms with Crippen molar-refractivity contribution < 1.29 is 0 Å². The van der Waals surface area contributed by atoms with E-state index in [1.807, 2.05) is 13.0 Å². The van der Waals surface area contributed by atoms with E-state index in [9.17, 15) is 4.91 Å². The molecule has 1 aliphatic carbocycles. The third kappa shape index (κ3) is 1.56. The smallest absolute Gasteiger partial charge is 0.0881 e. The van der Waals surface area contributed by atoms with Crippen LogP contribution in [0, 0.1) is 17.3 Å². The summed E-state index contributed by atoms with van der Waals surface area (Å²) in [4.78, 5) is 10.2. The van der Waals surface area contributed by atoms with Gasteiger partial charge in [-0.25, -0.2) is 0 Å². The first-order valence-electron chi connectivity index (χ1n) is 3.48. The van der Waals surface area contributed by atoms with Gasteiger partial charge in [0.2, 0.25) is 0 Å². The van der Waals surface area contributed by atoms with Crippen molar-refractivity contribution in [1.29, 1.82) is 0 Å². The van der Waals surface area contributed by atoms with Crippen molar-refractivity contribution in [3.8, 4) is 12.3 Å². The molecule has 0 atom stereocenters. The summed E-state index contributed by atoms with van der Waals surface area (Å²) in [5.41, 5.74) is 2.48. The van der Waals surface area contributed by atoms with Gasteiger partial charge in [-0.05, 0) is 36.6 Å². The predicted octanol–water partition coefficient (Wildman–Crippen LogP) is 2.38. The van der Waals surface area contributed by atoms with Crippen molar-refractivity contribution >= 4 is 0 Å². The molecule has 0 fully saturated rings. The summed E-state index contributed by atoms with van der Waals surface area (Å²) in [6.45, 7) is 1.85.